The number of amides is 1. The van der Waals surface area contributed by atoms with Gasteiger partial charge >= 0.3 is 0 Å². The lowest BCUT2D eigenvalue weighted by molar-refractivity contribution is -0.0249. The number of nitrogens with one attached hydrogen (secondary N) is 1. The van der Waals surface area contributed by atoms with Gasteiger partial charge in [-0.25, -0.2) is 4.98 Å². The summed E-state index contributed by atoms with van der Waals surface area (Å²) in [7, 11) is 0. The lowest BCUT2D eigenvalue weighted by Crippen LogP contribution is -2.42. The van der Waals surface area contributed by atoms with Crippen LogP contribution in [0.2, 0.25) is 0 Å². The summed E-state index contributed by atoms with van der Waals surface area (Å²) >= 11 is 0. The number of hydrogen-bond donors (Lipinski definition) is 1. The summed E-state index contributed by atoms with van der Waals surface area (Å²) in [5.74, 6) is 0.427. The van der Waals surface area contributed by atoms with E-state index in [0.717, 1.165) is 10.9 Å². The number of nitrogens with zero attached hydrogens (tertiary/aromatic N) is 3. The first kappa shape index (κ1) is 16.4. The summed E-state index contributed by atoms with van der Waals surface area (Å²) in [6, 6.07) is 11.0. The van der Waals surface area contributed by atoms with Gasteiger partial charge in [0.05, 0.1) is 29.9 Å². The maximum atomic E-state index is 12.9. The van der Waals surface area contributed by atoms with Gasteiger partial charge in [-0.2, -0.15) is 0 Å². The van der Waals surface area contributed by atoms with E-state index < -0.39 is 6.10 Å². The molecule has 1 aliphatic heterocycles. The molecular formula is C19H18N4O3. The van der Waals surface area contributed by atoms with Crippen molar-refractivity contribution < 1.29 is 9.53 Å². The van der Waals surface area contributed by atoms with Gasteiger partial charge < -0.3 is 14.6 Å². The zero-order valence-electron chi connectivity index (χ0n) is 14.3. The van der Waals surface area contributed by atoms with Crippen molar-refractivity contribution in [3.05, 3.63) is 70.0 Å². The number of benzene rings is 1. The van der Waals surface area contributed by atoms with Crippen LogP contribution in [0.25, 0.3) is 10.9 Å². The van der Waals surface area contributed by atoms with Gasteiger partial charge in [0.15, 0.2) is 0 Å². The summed E-state index contributed by atoms with van der Waals surface area (Å²) < 4.78 is 5.74. The summed E-state index contributed by atoms with van der Waals surface area (Å²) in [5.41, 5.74) is 1.71. The molecule has 26 heavy (non-hydrogen) atoms. The van der Waals surface area contributed by atoms with Crippen LogP contribution in [0.1, 0.15) is 28.0 Å². The summed E-state index contributed by atoms with van der Waals surface area (Å²) in [4.78, 5) is 37.6. The molecule has 0 radical (unpaired) electrons. The van der Waals surface area contributed by atoms with E-state index in [9.17, 15) is 9.59 Å². The van der Waals surface area contributed by atoms with Crippen LogP contribution in [-0.2, 0) is 4.74 Å². The standard InChI is InChI=1S/C19H18N4O3/c1-12-21-16(9-18(24)22-12)17-11-23(6-7-26-17)19(25)14-8-13-4-2-3-5-15(13)20-10-14/h2-5,8-10,17H,6-7,11H2,1H3,(H,21,22,24)/t17-/m1/s1. The molecule has 1 fully saturated rings. The highest BCUT2D eigenvalue weighted by molar-refractivity contribution is 5.97. The molecule has 0 spiro atoms. The lowest BCUT2D eigenvalue weighted by atomic mass is 10.1. The Hall–Kier alpha value is -3.06. The van der Waals surface area contributed by atoms with E-state index in [0.29, 0.717) is 36.8 Å². The smallest absolute Gasteiger partial charge is 0.255 e. The zero-order chi connectivity index (χ0) is 18.1. The molecule has 0 saturated carbocycles. The quantitative estimate of drug-likeness (QED) is 0.762. The molecule has 2 aromatic heterocycles. The second kappa shape index (κ2) is 6.68. The first-order chi connectivity index (χ1) is 12.6. The van der Waals surface area contributed by atoms with Gasteiger partial charge in [0.2, 0.25) is 0 Å². The highest BCUT2D eigenvalue weighted by atomic mass is 16.5. The Kier molecular flexibility index (Phi) is 4.22. The third-order valence-electron chi connectivity index (χ3n) is 4.40. The second-order valence-corrected chi connectivity index (χ2v) is 6.28. The second-order valence-electron chi connectivity index (χ2n) is 6.28. The van der Waals surface area contributed by atoms with Gasteiger partial charge in [0.25, 0.3) is 11.5 Å². The van der Waals surface area contributed by atoms with Crippen molar-refractivity contribution in [3.8, 4) is 0 Å². The van der Waals surface area contributed by atoms with Gasteiger partial charge in [-0.15, -0.1) is 0 Å². The molecule has 4 rings (SSSR count). The number of para-hydroxylation sites is 1. The predicted octanol–water partition coefficient (Wildman–Crippen LogP) is 1.84. The molecule has 3 aromatic rings. The van der Waals surface area contributed by atoms with Gasteiger partial charge in [0.1, 0.15) is 11.9 Å². The van der Waals surface area contributed by atoms with E-state index >= 15 is 0 Å². The van der Waals surface area contributed by atoms with E-state index in [-0.39, 0.29) is 11.5 Å². The molecular weight excluding hydrogens is 332 g/mol. The Morgan fingerprint density at radius 1 is 1.31 bits per heavy atom. The van der Waals surface area contributed by atoms with Crippen LogP contribution in [0.4, 0.5) is 0 Å². The van der Waals surface area contributed by atoms with Crippen LogP contribution in [0.3, 0.4) is 0 Å². The van der Waals surface area contributed by atoms with Crippen LogP contribution in [0, 0.1) is 6.92 Å². The number of H-pyrrole nitrogens is 1. The van der Waals surface area contributed by atoms with Gasteiger partial charge in [-0.1, -0.05) is 18.2 Å². The fourth-order valence-electron chi connectivity index (χ4n) is 3.15. The Bertz CT molecular complexity index is 1030. The first-order valence-electron chi connectivity index (χ1n) is 8.44. The molecule has 1 aliphatic rings. The van der Waals surface area contributed by atoms with Crippen molar-refractivity contribution in [1.82, 2.24) is 19.9 Å². The molecule has 1 amide bonds. The molecule has 132 valence electrons. The van der Waals surface area contributed by atoms with E-state index in [1.165, 1.54) is 6.07 Å². The Morgan fingerprint density at radius 3 is 3.00 bits per heavy atom. The van der Waals surface area contributed by atoms with E-state index in [2.05, 4.69) is 15.0 Å². The van der Waals surface area contributed by atoms with Gasteiger partial charge in [0, 0.05) is 24.2 Å². The summed E-state index contributed by atoms with van der Waals surface area (Å²) in [6.45, 7) is 2.95. The molecule has 1 atom stereocenters. The Labute approximate surface area is 149 Å². The number of morpholine rings is 1. The number of pyridine rings is 1. The minimum absolute atomic E-state index is 0.0990. The van der Waals surface area contributed by atoms with Crippen molar-refractivity contribution in [2.45, 2.75) is 13.0 Å². The zero-order valence-corrected chi connectivity index (χ0v) is 14.3. The monoisotopic (exact) mass is 350 g/mol. The van der Waals surface area contributed by atoms with Crippen molar-refractivity contribution in [1.29, 1.82) is 0 Å². The molecule has 1 aromatic carbocycles. The number of carbonyl (C=O) groups is 1. The van der Waals surface area contributed by atoms with Crippen molar-refractivity contribution >= 4 is 16.8 Å². The molecule has 1 saturated heterocycles. The third-order valence-corrected chi connectivity index (χ3v) is 4.40. The Morgan fingerprint density at radius 2 is 2.15 bits per heavy atom. The van der Waals surface area contributed by atoms with Crippen LogP contribution >= 0.6 is 0 Å². The summed E-state index contributed by atoms with van der Waals surface area (Å²) in [6.07, 6.45) is 1.19. The van der Waals surface area contributed by atoms with E-state index in [1.807, 2.05) is 30.3 Å². The number of aromatic nitrogens is 3. The SMILES string of the molecule is Cc1nc([C@H]2CN(C(=O)c3cnc4ccccc4c3)CCO2)cc(=O)[nH]1. The number of aromatic amines is 1. The molecule has 7 nitrogen and oxygen atoms in total. The third kappa shape index (κ3) is 3.21. The average Bonchev–Trinajstić information content (AvgIpc) is 2.66. The molecule has 0 bridgehead atoms. The molecule has 0 aliphatic carbocycles. The minimum Gasteiger partial charge on any atom is -0.368 e. The topological polar surface area (TPSA) is 88.2 Å². The Balaban J connectivity index is 1.58. The highest BCUT2D eigenvalue weighted by Gasteiger charge is 2.27. The maximum Gasteiger partial charge on any atom is 0.255 e. The van der Waals surface area contributed by atoms with Crippen LogP contribution in [-0.4, -0.2) is 45.5 Å². The fraction of sp³-hybridized carbons (Fsp3) is 0.263. The van der Waals surface area contributed by atoms with Gasteiger partial charge in [-0.3, -0.25) is 14.6 Å². The van der Waals surface area contributed by atoms with Crippen molar-refractivity contribution in [2.24, 2.45) is 0 Å². The van der Waals surface area contributed by atoms with Gasteiger partial charge in [-0.05, 0) is 19.1 Å². The highest BCUT2D eigenvalue weighted by Crippen LogP contribution is 2.22. The molecule has 0 unspecified atom stereocenters. The van der Waals surface area contributed by atoms with Crippen molar-refractivity contribution in [3.63, 3.8) is 0 Å². The normalized spacial score (nSPS) is 17.4. The number of carbonyl (C=O) groups excluding carboxylic acids is 1. The van der Waals surface area contributed by atoms with Crippen LogP contribution in [0.15, 0.2) is 47.4 Å². The number of hydrogen-bond acceptors (Lipinski definition) is 5. The van der Waals surface area contributed by atoms with E-state index in [1.54, 1.807) is 18.0 Å². The lowest BCUT2D eigenvalue weighted by Gasteiger charge is -2.32. The fourth-order valence-corrected chi connectivity index (χ4v) is 3.15. The number of aryl methyl sites for hydroxylation is 1. The van der Waals surface area contributed by atoms with Crippen molar-refractivity contribution in [2.75, 3.05) is 19.7 Å². The van der Waals surface area contributed by atoms with E-state index in [4.69, 9.17) is 4.74 Å². The summed E-state index contributed by atoms with van der Waals surface area (Å²) in [5, 5.41) is 0.926. The average molecular weight is 350 g/mol. The molecule has 7 heteroatoms. The minimum atomic E-state index is -0.415. The van der Waals surface area contributed by atoms with Crippen LogP contribution < -0.4 is 5.56 Å². The number of rotatable bonds is 2. The maximum absolute atomic E-state index is 12.9. The largest absolute Gasteiger partial charge is 0.368 e. The molecule has 3 heterocycles. The predicted molar refractivity (Wildman–Crippen MR) is 95.9 cm³/mol. The molecule has 1 N–H and O–H groups in total. The first-order valence-corrected chi connectivity index (χ1v) is 8.44. The number of ether oxygens (including phenoxy) is 1. The number of fused-ring (bicyclic) bond motifs is 1. The van der Waals surface area contributed by atoms with Crippen LogP contribution in [0.5, 0.6) is 0 Å².